The van der Waals surface area contributed by atoms with Crippen LogP contribution >= 0.6 is 23.1 Å². The zero-order valence-corrected chi connectivity index (χ0v) is 11.4. The van der Waals surface area contributed by atoms with Crippen LogP contribution in [0.3, 0.4) is 0 Å². The molecule has 0 saturated heterocycles. The molecule has 0 unspecified atom stereocenters. The molecule has 16 heavy (non-hydrogen) atoms. The molecule has 2 aromatic rings. The van der Waals surface area contributed by atoms with Crippen molar-refractivity contribution in [3.8, 4) is 10.6 Å². The molecule has 84 valence electrons. The van der Waals surface area contributed by atoms with E-state index in [0.717, 1.165) is 16.5 Å². The molecule has 0 saturated carbocycles. The molecule has 0 spiro atoms. The Morgan fingerprint density at radius 2 is 1.88 bits per heavy atom. The Labute approximate surface area is 105 Å². The zero-order chi connectivity index (χ0) is 11.5. The number of aromatic nitrogens is 1. The smallest absolute Gasteiger partial charge is 0.123 e. The summed E-state index contributed by atoms with van der Waals surface area (Å²) in [5.74, 6) is 1.12. The third-order valence-corrected chi connectivity index (χ3v) is 4.46. The average molecular weight is 249 g/mol. The van der Waals surface area contributed by atoms with Crippen LogP contribution in [-0.2, 0) is 0 Å². The highest BCUT2D eigenvalue weighted by Gasteiger charge is 2.05. The Morgan fingerprint density at radius 1 is 1.19 bits per heavy atom. The van der Waals surface area contributed by atoms with Crippen LogP contribution in [0.5, 0.6) is 0 Å². The Kier molecular flexibility index (Phi) is 3.66. The van der Waals surface area contributed by atoms with Crippen molar-refractivity contribution in [3.05, 3.63) is 34.8 Å². The molecule has 0 amide bonds. The van der Waals surface area contributed by atoms with Crippen molar-refractivity contribution in [2.24, 2.45) is 0 Å². The number of rotatable bonds is 3. The van der Waals surface area contributed by atoms with E-state index in [0.29, 0.717) is 0 Å². The van der Waals surface area contributed by atoms with E-state index >= 15 is 0 Å². The lowest BCUT2D eigenvalue weighted by molar-refractivity contribution is 1.23. The maximum Gasteiger partial charge on any atom is 0.123 e. The minimum Gasteiger partial charge on any atom is -0.241 e. The second-order valence-corrected chi connectivity index (χ2v) is 6.16. The van der Waals surface area contributed by atoms with Crippen molar-refractivity contribution >= 4 is 23.1 Å². The molecule has 0 bridgehead atoms. The molecule has 2 rings (SSSR count). The van der Waals surface area contributed by atoms with E-state index in [-0.39, 0.29) is 0 Å². The lowest BCUT2D eigenvalue weighted by Gasteiger charge is -1.99. The number of benzene rings is 1. The van der Waals surface area contributed by atoms with E-state index in [1.807, 2.05) is 11.8 Å². The molecule has 1 aromatic carbocycles. The van der Waals surface area contributed by atoms with Gasteiger partial charge in [-0.15, -0.1) is 23.1 Å². The van der Waals surface area contributed by atoms with Crippen LogP contribution in [0, 0.1) is 13.8 Å². The normalized spacial score (nSPS) is 10.7. The number of thiazole rings is 1. The van der Waals surface area contributed by atoms with Crippen LogP contribution in [0.4, 0.5) is 0 Å². The van der Waals surface area contributed by atoms with Gasteiger partial charge in [-0.05, 0) is 31.7 Å². The fraction of sp³-hybridized carbons (Fsp3) is 0.308. The van der Waals surface area contributed by atoms with Gasteiger partial charge in [0.25, 0.3) is 0 Å². The number of aryl methyl sites for hydroxylation is 2. The Morgan fingerprint density at radius 3 is 2.38 bits per heavy atom. The van der Waals surface area contributed by atoms with Crippen LogP contribution in [-0.4, -0.2) is 10.7 Å². The van der Waals surface area contributed by atoms with Crippen LogP contribution in [0.15, 0.2) is 29.2 Å². The monoisotopic (exact) mass is 249 g/mol. The minimum atomic E-state index is 1.12. The predicted octanol–water partition coefficient (Wildman–Crippen LogP) is 4.54. The van der Waals surface area contributed by atoms with Gasteiger partial charge < -0.3 is 0 Å². The summed E-state index contributed by atoms with van der Waals surface area (Å²) in [5, 5.41) is 1.13. The van der Waals surface area contributed by atoms with E-state index in [1.165, 1.54) is 15.3 Å². The van der Waals surface area contributed by atoms with Crippen LogP contribution in [0.1, 0.15) is 17.5 Å². The number of hydrogen-bond acceptors (Lipinski definition) is 3. The first-order valence-electron chi connectivity index (χ1n) is 5.38. The summed E-state index contributed by atoms with van der Waals surface area (Å²) < 4.78 is 0. The van der Waals surface area contributed by atoms with Gasteiger partial charge >= 0.3 is 0 Å². The highest BCUT2D eigenvalue weighted by atomic mass is 32.2. The quantitative estimate of drug-likeness (QED) is 0.741. The van der Waals surface area contributed by atoms with Crippen molar-refractivity contribution < 1.29 is 0 Å². The van der Waals surface area contributed by atoms with E-state index in [2.05, 4.69) is 50.0 Å². The van der Waals surface area contributed by atoms with E-state index in [9.17, 15) is 0 Å². The van der Waals surface area contributed by atoms with Crippen molar-refractivity contribution in [1.82, 2.24) is 4.98 Å². The maximum atomic E-state index is 4.57. The van der Waals surface area contributed by atoms with Gasteiger partial charge in [-0.3, -0.25) is 0 Å². The van der Waals surface area contributed by atoms with Gasteiger partial charge in [0.1, 0.15) is 5.01 Å². The molecular weight excluding hydrogens is 234 g/mol. The Hall–Kier alpha value is -0.800. The third kappa shape index (κ3) is 2.47. The summed E-state index contributed by atoms with van der Waals surface area (Å²) in [4.78, 5) is 7.21. The Bertz CT molecular complexity index is 452. The third-order valence-electron chi connectivity index (χ3n) is 2.44. The van der Waals surface area contributed by atoms with E-state index in [1.54, 1.807) is 11.3 Å². The molecule has 0 aliphatic rings. The molecule has 0 aliphatic heterocycles. The van der Waals surface area contributed by atoms with Crippen LogP contribution in [0.2, 0.25) is 0 Å². The van der Waals surface area contributed by atoms with Crippen molar-refractivity contribution in [3.63, 3.8) is 0 Å². The standard InChI is InChI=1S/C13H15NS2/c1-4-15-12-7-5-11(6-8-12)13-14-9(2)10(3)16-13/h5-8H,4H2,1-3H3. The second kappa shape index (κ2) is 5.02. The van der Waals surface area contributed by atoms with Crippen molar-refractivity contribution in [1.29, 1.82) is 0 Å². The lowest BCUT2D eigenvalue weighted by atomic mass is 10.2. The topological polar surface area (TPSA) is 12.9 Å². The van der Waals surface area contributed by atoms with Crippen molar-refractivity contribution in [2.75, 3.05) is 5.75 Å². The summed E-state index contributed by atoms with van der Waals surface area (Å²) in [6.07, 6.45) is 0. The first-order valence-corrected chi connectivity index (χ1v) is 7.18. The number of hydrogen-bond donors (Lipinski definition) is 0. The van der Waals surface area contributed by atoms with Gasteiger partial charge in [0.2, 0.25) is 0 Å². The number of nitrogens with zero attached hydrogens (tertiary/aromatic N) is 1. The molecule has 0 fully saturated rings. The molecule has 1 nitrogen and oxygen atoms in total. The zero-order valence-electron chi connectivity index (χ0n) is 9.78. The summed E-state index contributed by atoms with van der Waals surface area (Å²) >= 11 is 3.64. The van der Waals surface area contributed by atoms with E-state index < -0.39 is 0 Å². The Balaban J connectivity index is 2.27. The predicted molar refractivity (Wildman–Crippen MR) is 73.4 cm³/mol. The second-order valence-electron chi connectivity index (χ2n) is 3.62. The fourth-order valence-corrected chi connectivity index (χ4v) is 3.04. The van der Waals surface area contributed by atoms with Gasteiger partial charge in [0, 0.05) is 15.3 Å². The number of thioether (sulfide) groups is 1. The molecule has 0 N–H and O–H groups in total. The summed E-state index contributed by atoms with van der Waals surface area (Å²) in [7, 11) is 0. The maximum absolute atomic E-state index is 4.57. The first kappa shape index (κ1) is 11.7. The van der Waals surface area contributed by atoms with Crippen LogP contribution in [0.25, 0.3) is 10.6 Å². The fourth-order valence-electron chi connectivity index (χ4n) is 1.46. The summed E-state index contributed by atoms with van der Waals surface area (Å²) in [6.45, 7) is 6.36. The van der Waals surface area contributed by atoms with Gasteiger partial charge in [-0.1, -0.05) is 19.1 Å². The minimum absolute atomic E-state index is 1.12. The van der Waals surface area contributed by atoms with E-state index in [4.69, 9.17) is 0 Å². The highest BCUT2D eigenvalue weighted by molar-refractivity contribution is 7.99. The van der Waals surface area contributed by atoms with Gasteiger partial charge in [-0.2, -0.15) is 0 Å². The van der Waals surface area contributed by atoms with Crippen LogP contribution < -0.4 is 0 Å². The lowest BCUT2D eigenvalue weighted by Crippen LogP contribution is -1.78. The van der Waals surface area contributed by atoms with Gasteiger partial charge in [0.05, 0.1) is 5.69 Å². The molecule has 3 heteroatoms. The molecular formula is C13H15NS2. The summed E-state index contributed by atoms with van der Waals surface area (Å²) in [5.41, 5.74) is 2.37. The van der Waals surface area contributed by atoms with Gasteiger partial charge in [0.15, 0.2) is 0 Å². The molecule has 0 aliphatic carbocycles. The van der Waals surface area contributed by atoms with Crippen molar-refractivity contribution in [2.45, 2.75) is 25.7 Å². The largest absolute Gasteiger partial charge is 0.241 e. The highest BCUT2D eigenvalue weighted by Crippen LogP contribution is 2.28. The molecule has 1 aromatic heterocycles. The summed E-state index contributed by atoms with van der Waals surface area (Å²) in [6, 6.07) is 8.68. The first-order chi connectivity index (χ1) is 7.70. The van der Waals surface area contributed by atoms with Gasteiger partial charge in [-0.25, -0.2) is 4.98 Å². The SMILES string of the molecule is CCSc1ccc(-c2nc(C)c(C)s2)cc1. The molecule has 0 atom stereocenters. The molecule has 1 heterocycles. The average Bonchev–Trinajstić information content (AvgIpc) is 2.61. The molecule has 0 radical (unpaired) electrons.